The second kappa shape index (κ2) is 8.87. The molecule has 0 unspecified atom stereocenters. The molecule has 0 aromatic carbocycles. The van der Waals surface area contributed by atoms with Crippen molar-refractivity contribution in [3.05, 3.63) is 58.0 Å². The van der Waals surface area contributed by atoms with E-state index in [1.54, 1.807) is 27.9 Å². The van der Waals surface area contributed by atoms with Crippen molar-refractivity contribution in [2.45, 2.75) is 44.8 Å². The van der Waals surface area contributed by atoms with Gasteiger partial charge in [-0.05, 0) is 31.9 Å². The van der Waals surface area contributed by atoms with E-state index < -0.39 is 12.0 Å². The van der Waals surface area contributed by atoms with Crippen molar-refractivity contribution < 1.29 is 14.7 Å². The summed E-state index contributed by atoms with van der Waals surface area (Å²) in [7, 11) is 1.89. The van der Waals surface area contributed by atoms with Gasteiger partial charge in [-0.1, -0.05) is 12.2 Å². The number of hydrogen-bond donors (Lipinski definition) is 2. The fourth-order valence-corrected chi connectivity index (χ4v) is 5.61. The molecular formula is C25H31N5O4. The highest BCUT2D eigenvalue weighted by atomic mass is 16.3. The van der Waals surface area contributed by atoms with Gasteiger partial charge in [0.15, 0.2) is 0 Å². The van der Waals surface area contributed by atoms with Gasteiger partial charge in [-0.3, -0.25) is 14.4 Å². The summed E-state index contributed by atoms with van der Waals surface area (Å²) in [6.07, 6.45) is 9.44. The molecule has 34 heavy (non-hydrogen) atoms. The molecule has 2 aromatic rings. The number of allylic oxidation sites excluding steroid dienone is 1. The fourth-order valence-electron chi connectivity index (χ4n) is 5.61. The van der Waals surface area contributed by atoms with Crippen LogP contribution in [0, 0.1) is 17.8 Å². The van der Waals surface area contributed by atoms with E-state index in [1.807, 2.05) is 36.9 Å². The Morgan fingerprint density at radius 2 is 2.09 bits per heavy atom. The van der Waals surface area contributed by atoms with Crippen molar-refractivity contribution in [3.8, 4) is 0 Å². The number of hydrogen-bond acceptors (Lipinski definition) is 5. The van der Waals surface area contributed by atoms with E-state index >= 15 is 0 Å². The monoisotopic (exact) mass is 465 g/mol. The summed E-state index contributed by atoms with van der Waals surface area (Å²) in [5, 5.41) is 13.3. The van der Waals surface area contributed by atoms with E-state index in [1.165, 1.54) is 0 Å². The van der Waals surface area contributed by atoms with Crippen LogP contribution in [0.25, 0.3) is 6.08 Å². The van der Waals surface area contributed by atoms with Gasteiger partial charge in [0.2, 0.25) is 11.8 Å². The second-order valence-electron chi connectivity index (χ2n) is 9.62. The van der Waals surface area contributed by atoms with Crippen LogP contribution in [0.1, 0.15) is 42.8 Å². The summed E-state index contributed by atoms with van der Waals surface area (Å²) in [5.41, 5.74) is 2.12. The van der Waals surface area contributed by atoms with Gasteiger partial charge < -0.3 is 24.5 Å². The Hall–Kier alpha value is -3.20. The predicted molar refractivity (Wildman–Crippen MR) is 125 cm³/mol. The third-order valence-corrected chi connectivity index (χ3v) is 7.34. The quantitative estimate of drug-likeness (QED) is 0.631. The van der Waals surface area contributed by atoms with Crippen molar-refractivity contribution in [2.24, 2.45) is 24.8 Å². The number of aliphatic hydroxyl groups is 1. The Balaban J connectivity index is 1.44. The summed E-state index contributed by atoms with van der Waals surface area (Å²) in [4.78, 5) is 45.9. The molecule has 2 aliphatic heterocycles. The Morgan fingerprint density at radius 1 is 1.29 bits per heavy atom. The van der Waals surface area contributed by atoms with Gasteiger partial charge in [0.25, 0.3) is 5.56 Å². The first-order valence-corrected chi connectivity index (χ1v) is 12.0. The minimum Gasteiger partial charge on any atom is -0.396 e. The lowest BCUT2D eigenvalue weighted by Gasteiger charge is -2.31. The van der Waals surface area contributed by atoms with Gasteiger partial charge in [0.05, 0.1) is 18.1 Å². The number of carbonyl (C=O) groups is 2. The maximum absolute atomic E-state index is 13.4. The number of rotatable bonds is 7. The van der Waals surface area contributed by atoms with Gasteiger partial charge in [-0.25, -0.2) is 4.98 Å². The lowest BCUT2D eigenvalue weighted by molar-refractivity contribution is -0.142. The van der Waals surface area contributed by atoms with Crippen molar-refractivity contribution in [3.63, 3.8) is 0 Å². The molecular weight excluding hydrogens is 434 g/mol. The molecule has 0 spiro atoms. The molecule has 0 radical (unpaired) electrons. The maximum atomic E-state index is 13.4. The number of fused-ring (bicyclic) bond motifs is 3. The van der Waals surface area contributed by atoms with Gasteiger partial charge >= 0.3 is 0 Å². The SMILES string of the molecule is C/C=C/c1ccc2n(c1=O)C[C@@H]1[C@@H](CO)[C@H](C(=O)NCCc3cn(C)cn3)N(C(=O)C3CC3)[C@H]21. The van der Waals surface area contributed by atoms with Crippen LogP contribution in [0.4, 0.5) is 0 Å². The summed E-state index contributed by atoms with van der Waals surface area (Å²) >= 11 is 0. The van der Waals surface area contributed by atoms with Crippen molar-refractivity contribution in [1.82, 2.24) is 24.3 Å². The van der Waals surface area contributed by atoms with Crippen molar-refractivity contribution in [1.29, 1.82) is 0 Å². The molecule has 4 atom stereocenters. The van der Waals surface area contributed by atoms with E-state index in [2.05, 4.69) is 10.3 Å². The van der Waals surface area contributed by atoms with Crippen LogP contribution in [0.5, 0.6) is 0 Å². The van der Waals surface area contributed by atoms with E-state index in [-0.39, 0.29) is 41.9 Å². The molecule has 2 fully saturated rings. The van der Waals surface area contributed by atoms with Crippen LogP contribution < -0.4 is 10.9 Å². The van der Waals surface area contributed by atoms with E-state index in [0.717, 1.165) is 24.2 Å². The number of amides is 2. The average molecular weight is 466 g/mol. The van der Waals surface area contributed by atoms with E-state index in [0.29, 0.717) is 25.1 Å². The van der Waals surface area contributed by atoms with E-state index in [9.17, 15) is 19.5 Å². The molecule has 2 amide bonds. The number of carbonyl (C=O) groups excluding carboxylic acids is 2. The molecule has 1 saturated heterocycles. The van der Waals surface area contributed by atoms with Gasteiger partial charge in [0, 0.05) is 68.4 Å². The van der Waals surface area contributed by atoms with Gasteiger partial charge in [0.1, 0.15) is 6.04 Å². The van der Waals surface area contributed by atoms with Crippen LogP contribution in [0.15, 0.2) is 35.5 Å². The molecule has 4 heterocycles. The largest absolute Gasteiger partial charge is 0.396 e. The molecule has 2 N–H and O–H groups in total. The summed E-state index contributed by atoms with van der Waals surface area (Å²) in [6.45, 7) is 2.43. The smallest absolute Gasteiger partial charge is 0.258 e. The molecule has 1 saturated carbocycles. The van der Waals surface area contributed by atoms with E-state index in [4.69, 9.17) is 0 Å². The lowest BCUT2D eigenvalue weighted by Crippen LogP contribution is -2.51. The number of aliphatic hydroxyl groups excluding tert-OH is 1. The van der Waals surface area contributed by atoms with Crippen LogP contribution in [-0.2, 0) is 29.6 Å². The molecule has 0 bridgehead atoms. The first-order valence-electron chi connectivity index (χ1n) is 12.0. The maximum Gasteiger partial charge on any atom is 0.258 e. The van der Waals surface area contributed by atoms with Crippen LogP contribution in [0.2, 0.25) is 0 Å². The Kier molecular flexibility index (Phi) is 5.89. The second-order valence-corrected chi connectivity index (χ2v) is 9.62. The Morgan fingerprint density at radius 3 is 2.74 bits per heavy atom. The minimum absolute atomic E-state index is 0.0470. The van der Waals surface area contributed by atoms with Crippen molar-refractivity contribution in [2.75, 3.05) is 13.2 Å². The number of aromatic nitrogens is 3. The zero-order valence-corrected chi connectivity index (χ0v) is 19.6. The number of nitrogens with one attached hydrogen (secondary N) is 1. The molecule has 9 heteroatoms. The first kappa shape index (κ1) is 22.6. The van der Waals surface area contributed by atoms with Crippen LogP contribution >= 0.6 is 0 Å². The van der Waals surface area contributed by atoms with Gasteiger partial charge in [-0.15, -0.1) is 0 Å². The number of likely N-dealkylation sites (tertiary alicyclic amines) is 1. The predicted octanol–water partition coefficient (Wildman–Crippen LogP) is 0.874. The van der Waals surface area contributed by atoms with Crippen LogP contribution in [0.3, 0.4) is 0 Å². The molecule has 180 valence electrons. The first-order chi connectivity index (χ1) is 16.4. The Bertz CT molecular complexity index is 1190. The fraction of sp³-hybridized carbons (Fsp3) is 0.520. The highest BCUT2D eigenvalue weighted by molar-refractivity contribution is 5.91. The number of aryl methyl sites for hydroxylation is 1. The zero-order chi connectivity index (χ0) is 24.0. The highest BCUT2D eigenvalue weighted by Crippen LogP contribution is 2.51. The summed E-state index contributed by atoms with van der Waals surface area (Å²) in [5.74, 6) is -1.00. The average Bonchev–Trinajstić information content (AvgIpc) is 3.37. The number of nitrogens with zero attached hydrogens (tertiary/aromatic N) is 4. The minimum atomic E-state index is -0.754. The zero-order valence-electron chi connectivity index (χ0n) is 19.6. The van der Waals surface area contributed by atoms with Crippen molar-refractivity contribution >= 4 is 17.9 Å². The molecule has 9 nitrogen and oxygen atoms in total. The number of imidazole rings is 1. The third-order valence-electron chi connectivity index (χ3n) is 7.34. The standard InChI is InChI=1S/C25H31N5O4/c1-3-4-15-7-8-20-21-18(12-29(20)24(15)33)19(13-31)22(30(21)25(34)16-5-6-16)23(32)26-10-9-17-11-28(2)14-27-17/h3-4,7-8,11,14,16,18-19,21-22,31H,5-6,9-10,12-13H2,1-2H3,(H,26,32)/b4-3+/t18-,19-,21+,22-/m1/s1. The molecule has 1 aliphatic carbocycles. The number of pyridine rings is 1. The molecule has 2 aromatic heterocycles. The molecule has 3 aliphatic rings. The summed E-state index contributed by atoms with van der Waals surface area (Å²) in [6, 6.07) is 2.54. The molecule has 5 rings (SSSR count). The third kappa shape index (κ3) is 3.77. The topological polar surface area (TPSA) is 109 Å². The lowest BCUT2D eigenvalue weighted by atomic mass is 9.88. The van der Waals surface area contributed by atoms with Gasteiger partial charge in [-0.2, -0.15) is 0 Å². The Labute approximate surface area is 198 Å². The normalized spacial score (nSPS) is 25.6. The van der Waals surface area contributed by atoms with Crippen LogP contribution in [-0.4, -0.2) is 55.1 Å². The highest BCUT2D eigenvalue weighted by Gasteiger charge is 2.58. The summed E-state index contributed by atoms with van der Waals surface area (Å²) < 4.78 is 3.57.